The molecule has 0 bridgehead atoms. The smallest absolute Gasteiger partial charge is 0.127 e. The molecule has 0 fully saturated rings. The molecule has 1 N–H and O–H groups in total. The Labute approximate surface area is 122 Å². The van der Waals surface area contributed by atoms with E-state index in [1.54, 1.807) is 6.07 Å². The van der Waals surface area contributed by atoms with Crippen LogP contribution < -0.4 is 5.32 Å². The summed E-state index contributed by atoms with van der Waals surface area (Å²) in [6, 6.07) is 15.2. The predicted octanol–water partition coefficient (Wildman–Crippen LogP) is 4.83. The summed E-state index contributed by atoms with van der Waals surface area (Å²) in [4.78, 5) is 0. The van der Waals surface area contributed by atoms with Crippen LogP contribution in [0.15, 0.2) is 53.0 Å². The highest BCUT2D eigenvalue weighted by Gasteiger charge is 2.12. The summed E-state index contributed by atoms with van der Waals surface area (Å²) >= 11 is 3.42. The minimum atomic E-state index is -0.141. The second-order valence-electron chi connectivity index (χ2n) is 4.49. The lowest BCUT2D eigenvalue weighted by molar-refractivity contribution is 0.488. The van der Waals surface area contributed by atoms with Gasteiger partial charge in [0.15, 0.2) is 0 Å². The second-order valence-corrected chi connectivity index (χ2v) is 5.41. The lowest BCUT2D eigenvalue weighted by Gasteiger charge is -2.18. The summed E-state index contributed by atoms with van der Waals surface area (Å²) in [5.41, 5.74) is 1.93. The maximum Gasteiger partial charge on any atom is 0.127 e. The Morgan fingerprint density at radius 1 is 1.11 bits per heavy atom. The van der Waals surface area contributed by atoms with Crippen LogP contribution in [-0.4, -0.2) is 0 Å². The molecule has 0 heterocycles. The molecule has 2 rings (SSSR count). The van der Waals surface area contributed by atoms with Crippen LogP contribution in [0.5, 0.6) is 0 Å². The molecule has 3 heteroatoms. The standard InChI is InChI=1S/C16H17BrFN/c1-2-16(14-5-3-4-6-15(14)18)19-11-12-7-9-13(17)10-8-12/h3-10,16,19H,2,11H2,1H3. The van der Waals surface area contributed by atoms with Crippen LogP contribution in [0.25, 0.3) is 0 Å². The fourth-order valence-corrected chi connectivity index (χ4v) is 2.34. The number of halogens is 2. The number of benzene rings is 2. The largest absolute Gasteiger partial charge is 0.306 e. The molecule has 0 spiro atoms. The molecule has 0 aliphatic carbocycles. The third kappa shape index (κ3) is 3.88. The lowest BCUT2D eigenvalue weighted by atomic mass is 10.0. The van der Waals surface area contributed by atoms with Gasteiger partial charge in [-0.2, -0.15) is 0 Å². The van der Waals surface area contributed by atoms with E-state index in [1.165, 1.54) is 11.6 Å². The second kappa shape index (κ2) is 6.83. The molecule has 2 aromatic rings. The molecule has 0 aliphatic heterocycles. The Hall–Kier alpha value is -1.19. The summed E-state index contributed by atoms with van der Waals surface area (Å²) in [7, 11) is 0. The van der Waals surface area contributed by atoms with E-state index in [1.807, 2.05) is 24.3 Å². The van der Waals surface area contributed by atoms with E-state index in [0.29, 0.717) is 0 Å². The van der Waals surface area contributed by atoms with Crippen molar-refractivity contribution in [3.05, 3.63) is 69.9 Å². The van der Waals surface area contributed by atoms with Gasteiger partial charge < -0.3 is 5.32 Å². The normalized spacial score (nSPS) is 12.4. The number of nitrogens with one attached hydrogen (secondary N) is 1. The maximum atomic E-state index is 13.8. The van der Waals surface area contributed by atoms with E-state index in [9.17, 15) is 4.39 Å². The van der Waals surface area contributed by atoms with Crippen LogP contribution in [0.3, 0.4) is 0 Å². The van der Waals surface area contributed by atoms with Crippen LogP contribution in [0, 0.1) is 5.82 Å². The van der Waals surface area contributed by atoms with Gasteiger partial charge in [-0.25, -0.2) is 4.39 Å². The molecule has 0 amide bonds. The average molecular weight is 322 g/mol. The van der Waals surface area contributed by atoms with Gasteiger partial charge in [-0.3, -0.25) is 0 Å². The van der Waals surface area contributed by atoms with E-state index < -0.39 is 0 Å². The monoisotopic (exact) mass is 321 g/mol. The Morgan fingerprint density at radius 3 is 2.42 bits per heavy atom. The first-order valence-corrected chi connectivity index (χ1v) is 7.22. The summed E-state index contributed by atoms with van der Waals surface area (Å²) in [5, 5.41) is 3.41. The van der Waals surface area contributed by atoms with Crippen LogP contribution in [0.1, 0.15) is 30.5 Å². The highest BCUT2D eigenvalue weighted by atomic mass is 79.9. The topological polar surface area (TPSA) is 12.0 Å². The zero-order chi connectivity index (χ0) is 13.7. The van der Waals surface area contributed by atoms with Crippen molar-refractivity contribution in [1.82, 2.24) is 5.32 Å². The van der Waals surface area contributed by atoms with Gasteiger partial charge in [0.2, 0.25) is 0 Å². The van der Waals surface area contributed by atoms with Crippen LogP contribution in [-0.2, 0) is 6.54 Å². The van der Waals surface area contributed by atoms with Gasteiger partial charge >= 0.3 is 0 Å². The van der Waals surface area contributed by atoms with Crippen LogP contribution in [0.2, 0.25) is 0 Å². The van der Waals surface area contributed by atoms with Gasteiger partial charge in [0.25, 0.3) is 0 Å². The number of hydrogen-bond acceptors (Lipinski definition) is 1. The SMILES string of the molecule is CCC(NCc1ccc(Br)cc1)c1ccccc1F. The van der Waals surface area contributed by atoms with Crippen molar-refractivity contribution in [2.24, 2.45) is 0 Å². The van der Waals surface area contributed by atoms with Gasteiger partial charge in [0.1, 0.15) is 5.82 Å². The lowest BCUT2D eigenvalue weighted by Crippen LogP contribution is -2.21. The minimum absolute atomic E-state index is 0.0462. The molecular weight excluding hydrogens is 305 g/mol. The van der Waals surface area contributed by atoms with E-state index >= 15 is 0 Å². The summed E-state index contributed by atoms with van der Waals surface area (Å²) < 4.78 is 14.8. The summed E-state index contributed by atoms with van der Waals surface area (Å²) in [6.07, 6.45) is 0.859. The van der Waals surface area contributed by atoms with Gasteiger partial charge in [-0.15, -0.1) is 0 Å². The van der Waals surface area contributed by atoms with Crippen molar-refractivity contribution in [3.8, 4) is 0 Å². The number of rotatable bonds is 5. The third-order valence-electron chi connectivity index (χ3n) is 3.15. The fourth-order valence-electron chi connectivity index (χ4n) is 2.08. The molecule has 100 valence electrons. The zero-order valence-electron chi connectivity index (χ0n) is 10.9. The molecule has 0 aliphatic rings. The first-order chi connectivity index (χ1) is 9.20. The summed E-state index contributed by atoms with van der Waals surface area (Å²) in [6.45, 7) is 2.80. The number of hydrogen-bond donors (Lipinski definition) is 1. The summed E-state index contributed by atoms with van der Waals surface area (Å²) in [5.74, 6) is -0.141. The van der Waals surface area contributed by atoms with E-state index in [4.69, 9.17) is 0 Å². The first-order valence-electron chi connectivity index (χ1n) is 6.43. The Morgan fingerprint density at radius 2 is 1.79 bits per heavy atom. The quantitative estimate of drug-likeness (QED) is 0.831. The van der Waals surface area contributed by atoms with Crippen LogP contribution in [0.4, 0.5) is 4.39 Å². The van der Waals surface area contributed by atoms with Crippen molar-refractivity contribution >= 4 is 15.9 Å². The molecule has 2 aromatic carbocycles. The van der Waals surface area contributed by atoms with Gasteiger partial charge in [0.05, 0.1) is 0 Å². The Bertz CT molecular complexity index is 525. The van der Waals surface area contributed by atoms with Gasteiger partial charge in [-0.1, -0.05) is 53.2 Å². The average Bonchev–Trinajstić information content (AvgIpc) is 2.43. The first kappa shape index (κ1) is 14.2. The molecule has 0 aromatic heterocycles. The van der Waals surface area contributed by atoms with Gasteiger partial charge in [-0.05, 0) is 30.2 Å². The highest BCUT2D eigenvalue weighted by molar-refractivity contribution is 9.10. The van der Waals surface area contributed by atoms with E-state index in [0.717, 1.165) is 23.0 Å². The van der Waals surface area contributed by atoms with Crippen molar-refractivity contribution < 1.29 is 4.39 Å². The molecule has 1 unspecified atom stereocenters. The van der Waals surface area contributed by atoms with Crippen molar-refractivity contribution in [1.29, 1.82) is 0 Å². The third-order valence-corrected chi connectivity index (χ3v) is 3.68. The van der Waals surface area contributed by atoms with Crippen LogP contribution >= 0.6 is 15.9 Å². The van der Waals surface area contributed by atoms with Crippen molar-refractivity contribution in [2.45, 2.75) is 25.9 Å². The fraction of sp³-hybridized carbons (Fsp3) is 0.250. The molecule has 1 atom stereocenters. The van der Waals surface area contributed by atoms with Gasteiger partial charge in [0, 0.05) is 22.6 Å². The Kier molecular flexibility index (Phi) is 5.11. The minimum Gasteiger partial charge on any atom is -0.306 e. The highest BCUT2D eigenvalue weighted by Crippen LogP contribution is 2.20. The van der Waals surface area contributed by atoms with E-state index in [-0.39, 0.29) is 11.9 Å². The van der Waals surface area contributed by atoms with Crippen molar-refractivity contribution in [2.75, 3.05) is 0 Å². The predicted molar refractivity (Wildman–Crippen MR) is 80.4 cm³/mol. The molecule has 0 radical (unpaired) electrons. The molecule has 0 saturated heterocycles. The maximum absolute atomic E-state index is 13.8. The zero-order valence-corrected chi connectivity index (χ0v) is 12.5. The molecule has 19 heavy (non-hydrogen) atoms. The van der Waals surface area contributed by atoms with E-state index in [2.05, 4.69) is 40.3 Å². The molecule has 0 saturated carbocycles. The molecular formula is C16H17BrFN. The van der Waals surface area contributed by atoms with Crippen molar-refractivity contribution in [3.63, 3.8) is 0 Å². The molecule has 1 nitrogen and oxygen atoms in total. The Balaban J connectivity index is 2.04.